The van der Waals surface area contributed by atoms with Gasteiger partial charge in [-0.1, -0.05) is 12.0 Å². The molecule has 0 saturated heterocycles. The number of aliphatic hydroxyl groups is 1. The fourth-order valence-electron chi connectivity index (χ4n) is 1.28. The summed E-state index contributed by atoms with van der Waals surface area (Å²) < 4.78 is 5.36. The third kappa shape index (κ3) is 2.98. The van der Waals surface area contributed by atoms with E-state index < -0.39 is 0 Å². The molecule has 0 aromatic heterocycles. The highest BCUT2D eigenvalue weighted by Gasteiger charge is 2.08. The monoisotopic (exact) mass is 205 g/mol. The molecule has 0 unspecified atom stereocenters. The molecule has 0 radical (unpaired) electrons. The van der Waals surface area contributed by atoms with Gasteiger partial charge in [0.1, 0.15) is 12.4 Å². The third-order valence-corrected chi connectivity index (χ3v) is 2.02. The molecule has 1 rings (SSSR count). The van der Waals surface area contributed by atoms with Crippen molar-refractivity contribution < 1.29 is 9.84 Å². The molecule has 0 spiro atoms. The van der Waals surface area contributed by atoms with Crippen LogP contribution in [-0.4, -0.2) is 18.3 Å². The van der Waals surface area contributed by atoms with Gasteiger partial charge >= 0.3 is 0 Å². The largest absolute Gasteiger partial charge is 0.491 e. The van der Waals surface area contributed by atoms with E-state index in [0.29, 0.717) is 5.75 Å². The van der Waals surface area contributed by atoms with Crippen LogP contribution in [0.25, 0.3) is 0 Å². The van der Waals surface area contributed by atoms with Gasteiger partial charge in [0.25, 0.3) is 0 Å². The Morgan fingerprint density at radius 2 is 2.33 bits per heavy atom. The van der Waals surface area contributed by atoms with Gasteiger partial charge in [-0.3, -0.25) is 0 Å². The number of hydrogen-bond donors (Lipinski definition) is 2. The number of benzene rings is 1. The maximum absolute atomic E-state index is 8.69. The summed E-state index contributed by atoms with van der Waals surface area (Å²) in [5.74, 6) is 3.17. The van der Waals surface area contributed by atoms with Crippen molar-refractivity contribution in [2.45, 2.75) is 13.0 Å². The Balaban J connectivity index is 3.01. The van der Waals surface area contributed by atoms with E-state index in [1.807, 2.05) is 19.1 Å². The molecule has 0 heterocycles. The number of ether oxygens (including phenoxy) is 1. The van der Waals surface area contributed by atoms with E-state index in [2.05, 4.69) is 5.92 Å². The minimum atomic E-state index is -0.120. The van der Waals surface area contributed by atoms with Gasteiger partial charge in [0, 0.05) is 17.2 Å². The topological polar surface area (TPSA) is 55.5 Å². The Hall–Kier alpha value is -1.50. The lowest BCUT2D eigenvalue weighted by Crippen LogP contribution is -2.10. The van der Waals surface area contributed by atoms with Gasteiger partial charge in [-0.2, -0.15) is 0 Å². The molecule has 3 N–H and O–H groups in total. The average Bonchev–Trinajstić information content (AvgIpc) is 2.25. The van der Waals surface area contributed by atoms with Crippen LogP contribution >= 0.6 is 0 Å². The normalized spacial score (nSPS) is 11.9. The van der Waals surface area contributed by atoms with E-state index in [1.165, 1.54) is 0 Å². The van der Waals surface area contributed by atoms with E-state index >= 15 is 0 Å². The van der Waals surface area contributed by atoms with E-state index in [-0.39, 0.29) is 19.3 Å². The Kier molecular flexibility index (Phi) is 4.17. The van der Waals surface area contributed by atoms with Gasteiger partial charge in [0.2, 0.25) is 0 Å². The summed E-state index contributed by atoms with van der Waals surface area (Å²) in [6, 6.07) is 5.32. The van der Waals surface area contributed by atoms with Crippen LogP contribution in [0.5, 0.6) is 5.75 Å². The summed E-state index contributed by atoms with van der Waals surface area (Å²) in [4.78, 5) is 0. The number of terminal acetylenes is 1. The van der Waals surface area contributed by atoms with Crippen LogP contribution in [0.4, 0.5) is 0 Å². The van der Waals surface area contributed by atoms with Crippen molar-refractivity contribution in [1.82, 2.24) is 0 Å². The van der Waals surface area contributed by atoms with Gasteiger partial charge in [-0.25, -0.2) is 0 Å². The molecule has 0 aliphatic rings. The van der Waals surface area contributed by atoms with Gasteiger partial charge in [0.15, 0.2) is 0 Å². The highest BCUT2D eigenvalue weighted by molar-refractivity contribution is 5.44. The number of nitrogens with two attached hydrogens (primary N) is 1. The van der Waals surface area contributed by atoms with Crippen LogP contribution < -0.4 is 10.5 Å². The van der Waals surface area contributed by atoms with Gasteiger partial charge in [-0.05, 0) is 19.1 Å². The van der Waals surface area contributed by atoms with Crippen molar-refractivity contribution >= 4 is 0 Å². The van der Waals surface area contributed by atoms with Gasteiger partial charge in [0.05, 0.1) is 6.61 Å². The van der Waals surface area contributed by atoms with Crippen LogP contribution in [0, 0.1) is 12.3 Å². The summed E-state index contributed by atoms with van der Waals surface area (Å²) in [5.41, 5.74) is 7.42. The second-order valence-electron chi connectivity index (χ2n) is 3.26. The lowest BCUT2D eigenvalue weighted by Gasteiger charge is -2.13. The van der Waals surface area contributed by atoms with Crippen LogP contribution in [0.15, 0.2) is 18.2 Å². The van der Waals surface area contributed by atoms with E-state index in [1.54, 1.807) is 6.07 Å². The molecule has 3 nitrogen and oxygen atoms in total. The Labute approximate surface area is 89.9 Å². The summed E-state index contributed by atoms with van der Waals surface area (Å²) in [7, 11) is 0. The first-order chi connectivity index (χ1) is 7.19. The maximum Gasteiger partial charge on any atom is 0.125 e. The second kappa shape index (κ2) is 5.40. The van der Waals surface area contributed by atoms with E-state index in [9.17, 15) is 0 Å². The predicted octanol–water partition coefficient (Wildman–Crippen LogP) is 1.06. The smallest absolute Gasteiger partial charge is 0.125 e. The lowest BCUT2D eigenvalue weighted by molar-refractivity contribution is 0.200. The molecule has 0 aliphatic carbocycles. The average molecular weight is 205 g/mol. The Morgan fingerprint density at radius 1 is 1.60 bits per heavy atom. The summed E-state index contributed by atoms with van der Waals surface area (Å²) in [6.07, 6.45) is 5.29. The standard InChI is InChI=1S/C12H15NO2/c1-3-10-4-5-11(9(2)13)12(8-10)15-7-6-14/h1,4-5,8-9,14H,6-7,13H2,2H3/t9-/m0/s1. The van der Waals surface area contributed by atoms with Crippen molar-refractivity contribution in [2.75, 3.05) is 13.2 Å². The molecule has 0 amide bonds. The summed E-state index contributed by atoms with van der Waals surface area (Å²) in [5, 5.41) is 8.69. The molecule has 0 fully saturated rings. The van der Waals surface area contributed by atoms with Crippen molar-refractivity contribution in [1.29, 1.82) is 0 Å². The van der Waals surface area contributed by atoms with Crippen LogP contribution in [0.3, 0.4) is 0 Å². The molecule has 3 heteroatoms. The lowest BCUT2D eigenvalue weighted by atomic mass is 10.1. The van der Waals surface area contributed by atoms with Gasteiger partial charge < -0.3 is 15.6 Å². The van der Waals surface area contributed by atoms with Crippen molar-refractivity contribution in [2.24, 2.45) is 5.73 Å². The van der Waals surface area contributed by atoms with E-state index in [4.69, 9.17) is 22.0 Å². The number of hydrogen-bond acceptors (Lipinski definition) is 3. The summed E-state index contributed by atoms with van der Waals surface area (Å²) in [6.45, 7) is 2.09. The molecule has 0 aliphatic heterocycles. The molecule has 0 saturated carbocycles. The van der Waals surface area contributed by atoms with Crippen molar-refractivity contribution in [3.8, 4) is 18.1 Å². The zero-order chi connectivity index (χ0) is 11.3. The van der Waals surface area contributed by atoms with Gasteiger partial charge in [-0.15, -0.1) is 6.42 Å². The highest BCUT2D eigenvalue weighted by atomic mass is 16.5. The minimum absolute atomic E-state index is 0.0291. The summed E-state index contributed by atoms with van der Waals surface area (Å²) >= 11 is 0. The number of rotatable bonds is 4. The Morgan fingerprint density at radius 3 is 2.87 bits per heavy atom. The molecule has 80 valence electrons. The second-order valence-corrected chi connectivity index (χ2v) is 3.26. The van der Waals surface area contributed by atoms with Crippen LogP contribution in [0.1, 0.15) is 24.1 Å². The molecule has 1 atom stereocenters. The predicted molar refractivity (Wildman–Crippen MR) is 59.6 cm³/mol. The molecular weight excluding hydrogens is 190 g/mol. The zero-order valence-corrected chi connectivity index (χ0v) is 8.73. The first-order valence-electron chi connectivity index (χ1n) is 4.79. The molecule has 1 aromatic rings. The molecule has 1 aromatic carbocycles. The quantitative estimate of drug-likeness (QED) is 0.723. The van der Waals surface area contributed by atoms with E-state index in [0.717, 1.165) is 11.1 Å². The SMILES string of the molecule is C#Cc1ccc([C@H](C)N)c(OCCO)c1. The van der Waals surface area contributed by atoms with Crippen LogP contribution in [0.2, 0.25) is 0 Å². The zero-order valence-electron chi connectivity index (χ0n) is 8.73. The molecule has 15 heavy (non-hydrogen) atoms. The van der Waals surface area contributed by atoms with Crippen molar-refractivity contribution in [3.63, 3.8) is 0 Å². The maximum atomic E-state index is 8.69. The molecular formula is C12H15NO2. The van der Waals surface area contributed by atoms with Crippen molar-refractivity contribution in [3.05, 3.63) is 29.3 Å². The first-order valence-corrected chi connectivity index (χ1v) is 4.79. The third-order valence-electron chi connectivity index (χ3n) is 2.02. The van der Waals surface area contributed by atoms with Crippen LogP contribution in [-0.2, 0) is 0 Å². The first kappa shape index (κ1) is 11.6. The fourth-order valence-corrected chi connectivity index (χ4v) is 1.28. The number of aliphatic hydroxyl groups excluding tert-OH is 1. The molecule has 0 bridgehead atoms. The Bertz CT molecular complexity index is 366. The highest BCUT2D eigenvalue weighted by Crippen LogP contribution is 2.24. The minimum Gasteiger partial charge on any atom is -0.491 e. The fraction of sp³-hybridized carbons (Fsp3) is 0.333.